The van der Waals surface area contributed by atoms with Crippen molar-refractivity contribution in [3.63, 3.8) is 0 Å². The molecule has 114 valence electrons. The molecular weight excluding hydrogens is 248 g/mol. The van der Waals surface area contributed by atoms with Crippen LogP contribution in [0.4, 0.5) is 0 Å². The Labute approximate surface area is 123 Å². The van der Waals surface area contributed by atoms with Gasteiger partial charge in [0.25, 0.3) is 0 Å². The molecule has 0 spiro atoms. The van der Waals surface area contributed by atoms with Gasteiger partial charge < -0.3 is 4.43 Å². The van der Waals surface area contributed by atoms with Gasteiger partial charge in [-0.1, -0.05) is 76.8 Å². The monoisotopic (exact) mass is 284 g/mol. The van der Waals surface area contributed by atoms with Gasteiger partial charge in [-0.25, -0.2) is 0 Å². The highest BCUT2D eigenvalue weighted by Crippen LogP contribution is 2.12. The van der Waals surface area contributed by atoms with E-state index in [0.29, 0.717) is 0 Å². The van der Waals surface area contributed by atoms with Crippen LogP contribution in [0, 0.1) is 0 Å². The second-order valence-corrected chi connectivity index (χ2v) is 10.1. The lowest BCUT2D eigenvalue weighted by atomic mass is 10.1. The Morgan fingerprint density at radius 1 is 0.789 bits per heavy atom. The van der Waals surface area contributed by atoms with Crippen molar-refractivity contribution in [2.75, 3.05) is 6.61 Å². The molecule has 0 saturated heterocycles. The molecule has 0 saturated carbocycles. The maximum Gasteiger partial charge on any atom is 0.210 e. The third-order valence-electron chi connectivity index (χ3n) is 3.71. The summed E-state index contributed by atoms with van der Waals surface area (Å²) in [5.41, 5.74) is 2.02. The lowest BCUT2D eigenvalue weighted by Crippen LogP contribution is -2.27. The van der Waals surface area contributed by atoms with E-state index in [4.69, 9.17) is 4.43 Å². The number of hydrogen-bond acceptors (Lipinski definition) is 1. The van der Waals surface area contributed by atoms with Crippen molar-refractivity contribution < 1.29 is 4.43 Å². The molecule has 1 nitrogen and oxygen atoms in total. The van der Waals surface area contributed by atoms with Gasteiger partial charge in [-0.2, -0.15) is 0 Å². The van der Waals surface area contributed by atoms with E-state index < -0.39 is 8.32 Å². The second-order valence-electron chi connectivity index (χ2n) is 6.19. The molecule has 0 aliphatic carbocycles. The Bertz CT molecular complexity index is 201. The first kappa shape index (κ1) is 18.9. The van der Waals surface area contributed by atoms with Crippen LogP contribution in [0.25, 0.3) is 0 Å². The van der Waals surface area contributed by atoms with Crippen LogP contribution in [0.3, 0.4) is 0 Å². The molecule has 0 aromatic rings. The van der Waals surface area contributed by atoms with Gasteiger partial charge in [0.05, 0.1) is 0 Å². The van der Waals surface area contributed by atoms with Crippen molar-refractivity contribution in [1.29, 1.82) is 0 Å². The van der Waals surface area contributed by atoms with Crippen LogP contribution >= 0.6 is 0 Å². The zero-order valence-corrected chi connectivity index (χ0v) is 14.7. The van der Waals surface area contributed by atoms with Crippen LogP contribution < -0.4 is 0 Å². The van der Waals surface area contributed by atoms with Gasteiger partial charge in [0.1, 0.15) is 0 Å². The first-order chi connectivity index (χ1) is 9.12. The normalized spacial score (nSPS) is 11.7. The predicted octanol–water partition coefficient (Wildman–Crippen LogP) is 6.24. The van der Waals surface area contributed by atoms with E-state index in [-0.39, 0.29) is 0 Å². The summed E-state index contributed by atoms with van der Waals surface area (Å²) in [4.78, 5) is 0. The molecule has 0 unspecified atom stereocenters. The molecule has 0 aliphatic rings. The van der Waals surface area contributed by atoms with Gasteiger partial charge >= 0.3 is 0 Å². The van der Waals surface area contributed by atoms with E-state index in [1.165, 1.54) is 70.6 Å². The topological polar surface area (TPSA) is 9.23 Å². The lowest BCUT2D eigenvalue weighted by molar-refractivity contribution is 0.301. The third kappa shape index (κ3) is 14.1. The molecule has 0 N–H and O–H groups in total. The van der Waals surface area contributed by atoms with Crippen molar-refractivity contribution in [3.05, 3.63) is 12.3 Å². The molecule has 0 aromatic carbocycles. The summed E-state index contributed by atoms with van der Waals surface area (Å²) in [6.07, 6.45) is 15.3. The molecule has 0 amide bonds. The summed E-state index contributed by atoms with van der Waals surface area (Å²) in [6.45, 7) is 11.5. The SMILES string of the molecule is C=C[Si](C)(C)OCCCCCCCCCCCCC. The summed E-state index contributed by atoms with van der Waals surface area (Å²) < 4.78 is 5.88. The van der Waals surface area contributed by atoms with Crippen molar-refractivity contribution in [2.45, 2.75) is 90.6 Å². The van der Waals surface area contributed by atoms with Crippen molar-refractivity contribution in [3.8, 4) is 0 Å². The molecule has 0 atom stereocenters. The fraction of sp³-hybridized carbons (Fsp3) is 0.882. The van der Waals surface area contributed by atoms with Gasteiger partial charge in [0.2, 0.25) is 8.32 Å². The number of rotatable bonds is 14. The van der Waals surface area contributed by atoms with Gasteiger partial charge in [-0.3, -0.25) is 0 Å². The number of unbranched alkanes of at least 4 members (excludes halogenated alkanes) is 10. The minimum Gasteiger partial charge on any atom is -0.414 e. The van der Waals surface area contributed by atoms with E-state index in [2.05, 4.69) is 26.6 Å². The molecular formula is C17H36OSi. The maximum absolute atomic E-state index is 5.88. The van der Waals surface area contributed by atoms with E-state index >= 15 is 0 Å². The lowest BCUT2D eigenvalue weighted by Gasteiger charge is -2.17. The molecule has 0 rings (SSSR count). The molecule has 0 heterocycles. The van der Waals surface area contributed by atoms with E-state index in [1.54, 1.807) is 0 Å². The van der Waals surface area contributed by atoms with Crippen molar-refractivity contribution in [1.82, 2.24) is 0 Å². The standard InChI is InChI=1S/C17H36OSi/c1-5-7-8-9-10-11-12-13-14-15-16-17-18-19(3,4)6-2/h6H,2,5,7-17H2,1,3-4H3. The molecule has 0 aromatic heterocycles. The van der Waals surface area contributed by atoms with Gasteiger partial charge in [0.15, 0.2) is 0 Å². The summed E-state index contributed by atoms with van der Waals surface area (Å²) >= 11 is 0. The smallest absolute Gasteiger partial charge is 0.210 e. The van der Waals surface area contributed by atoms with E-state index in [1.807, 2.05) is 5.70 Å². The fourth-order valence-electron chi connectivity index (χ4n) is 2.16. The quantitative estimate of drug-likeness (QED) is 0.271. The van der Waals surface area contributed by atoms with Gasteiger partial charge in [-0.05, 0) is 19.5 Å². The highest BCUT2D eigenvalue weighted by atomic mass is 28.4. The Morgan fingerprint density at radius 3 is 1.63 bits per heavy atom. The van der Waals surface area contributed by atoms with Crippen molar-refractivity contribution >= 4 is 8.32 Å². The fourth-order valence-corrected chi connectivity index (χ4v) is 2.95. The van der Waals surface area contributed by atoms with Crippen LogP contribution in [0.5, 0.6) is 0 Å². The Kier molecular flexibility index (Phi) is 12.9. The van der Waals surface area contributed by atoms with Crippen LogP contribution in [-0.4, -0.2) is 14.9 Å². The highest BCUT2D eigenvalue weighted by molar-refractivity contribution is 6.76. The van der Waals surface area contributed by atoms with Gasteiger partial charge in [0, 0.05) is 6.61 Å². The maximum atomic E-state index is 5.88. The number of hydrogen-bond donors (Lipinski definition) is 0. The third-order valence-corrected chi connectivity index (χ3v) is 5.64. The molecule has 0 fully saturated rings. The molecule has 0 aliphatic heterocycles. The predicted molar refractivity (Wildman–Crippen MR) is 90.1 cm³/mol. The largest absolute Gasteiger partial charge is 0.414 e. The summed E-state index contributed by atoms with van der Waals surface area (Å²) in [5, 5.41) is 0. The molecule has 0 radical (unpaired) electrons. The Morgan fingerprint density at radius 2 is 1.21 bits per heavy atom. The zero-order valence-electron chi connectivity index (χ0n) is 13.7. The van der Waals surface area contributed by atoms with Crippen LogP contribution in [0.2, 0.25) is 13.1 Å². The summed E-state index contributed by atoms with van der Waals surface area (Å²) in [7, 11) is -1.51. The summed E-state index contributed by atoms with van der Waals surface area (Å²) in [5.74, 6) is 0. The zero-order chi connectivity index (χ0) is 14.4. The molecule has 0 bridgehead atoms. The van der Waals surface area contributed by atoms with E-state index in [0.717, 1.165) is 6.61 Å². The van der Waals surface area contributed by atoms with Crippen molar-refractivity contribution in [2.24, 2.45) is 0 Å². The average Bonchev–Trinajstić information content (AvgIpc) is 2.40. The van der Waals surface area contributed by atoms with Crippen LogP contribution in [-0.2, 0) is 4.43 Å². The van der Waals surface area contributed by atoms with Crippen LogP contribution in [0.15, 0.2) is 12.3 Å². The highest BCUT2D eigenvalue weighted by Gasteiger charge is 2.16. The average molecular weight is 285 g/mol. The summed E-state index contributed by atoms with van der Waals surface area (Å²) in [6, 6.07) is 0. The Hall–Kier alpha value is -0.0831. The molecule has 2 heteroatoms. The first-order valence-electron chi connectivity index (χ1n) is 8.40. The first-order valence-corrected chi connectivity index (χ1v) is 11.4. The van der Waals surface area contributed by atoms with E-state index in [9.17, 15) is 0 Å². The minimum atomic E-state index is -1.51. The van der Waals surface area contributed by atoms with Crippen LogP contribution in [0.1, 0.15) is 77.6 Å². The van der Waals surface area contributed by atoms with Gasteiger partial charge in [-0.15, -0.1) is 6.58 Å². The minimum absolute atomic E-state index is 0.933. The second kappa shape index (κ2) is 12.9. The Balaban J connectivity index is 3.09. The molecule has 19 heavy (non-hydrogen) atoms.